The number of fused-ring (bicyclic) bond motifs is 1. The first-order valence-electron chi connectivity index (χ1n) is 13.8. The summed E-state index contributed by atoms with van der Waals surface area (Å²) in [5, 5.41) is 6.72. The number of H-pyrrole nitrogens is 1. The zero-order chi connectivity index (χ0) is 27.6. The number of benzene rings is 2. The standard InChI is InChI=1S/C22H23N7O.C8H13NO/c1-2-5-16(6-3-1)14-23-20-19-21(25-15-24-19)28-22(27-20)26-17-7-4-8-18(13-17)29-9-11-30-12-10-29;1-2-8(10)9-6-4-3-5-7-9/h1-8,13,15H,9-12,14H2,(H3,23,24,25,26,27,28);2H,1,3-7H2. The summed E-state index contributed by atoms with van der Waals surface area (Å²) in [6.07, 6.45) is 6.60. The lowest BCUT2D eigenvalue weighted by molar-refractivity contribution is -0.126. The van der Waals surface area contributed by atoms with E-state index in [0.717, 1.165) is 69.1 Å². The molecule has 208 valence electrons. The highest BCUT2D eigenvalue weighted by atomic mass is 16.5. The van der Waals surface area contributed by atoms with Gasteiger partial charge in [0, 0.05) is 44.1 Å². The van der Waals surface area contributed by atoms with Crippen molar-refractivity contribution in [2.75, 3.05) is 54.9 Å². The summed E-state index contributed by atoms with van der Waals surface area (Å²) in [6.45, 7) is 9.26. The number of aromatic amines is 1. The zero-order valence-electron chi connectivity index (χ0n) is 22.7. The van der Waals surface area contributed by atoms with Crippen LogP contribution >= 0.6 is 0 Å². The van der Waals surface area contributed by atoms with Gasteiger partial charge in [-0.05, 0) is 49.1 Å². The molecule has 2 aliphatic rings. The maximum absolute atomic E-state index is 11.0. The number of carbonyl (C=O) groups excluding carboxylic acids is 1. The van der Waals surface area contributed by atoms with Crippen molar-refractivity contribution >= 4 is 40.2 Å². The van der Waals surface area contributed by atoms with Gasteiger partial charge in [0.15, 0.2) is 11.5 Å². The lowest BCUT2D eigenvalue weighted by Gasteiger charge is -2.29. The van der Waals surface area contributed by atoms with Crippen molar-refractivity contribution in [1.82, 2.24) is 24.8 Å². The van der Waals surface area contributed by atoms with Gasteiger partial charge < -0.3 is 30.2 Å². The Morgan fingerprint density at radius 3 is 2.58 bits per heavy atom. The van der Waals surface area contributed by atoms with Gasteiger partial charge in [-0.1, -0.05) is 43.0 Å². The number of hydrogen-bond donors (Lipinski definition) is 3. The van der Waals surface area contributed by atoms with Gasteiger partial charge in [0.25, 0.3) is 0 Å². The molecule has 0 unspecified atom stereocenters. The van der Waals surface area contributed by atoms with E-state index in [1.165, 1.54) is 18.1 Å². The van der Waals surface area contributed by atoms with Crippen LogP contribution in [0.1, 0.15) is 24.8 Å². The number of imidazole rings is 1. The highest BCUT2D eigenvalue weighted by Crippen LogP contribution is 2.25. The minimum absolute atomic E-state index is 0.0831. The Morgan fingerprint density at radius 2 is 1.80 bits per heavy atom. The lowest BCUT2D eigenvalue weighted by atomic mass is 10.1. The first kappa shape index (κ1) is 27.1. The number of morpholine rings is 1. The third-order valence-corrected chi connectivity index (χ3v) is 6.91. The number of anilines is 4. The van der Waals surface area contributed by atoms with Gasteiger partial charge >= 0.3 is 0 Å². The molecule has 2 fully saturated rings. The quantitative estimate of drug-likeness (QED) is 0.289. The largest absolute Gasteiger partial charge is 0.378 e. The van der Waals surface area contributed by atoms with Gasteiger partial charge in [-0.2, -0.15) is 9.97 Å². The van der Waals surface area contributed by atoms with Crippen molar-refractivity contribution in [3.8, 4) is 0 Å². The van der Waals surface area contributed by atoms with Gasteiger partial charge in [-0.25, -0.2) is 4.98 Å². The number of piperidine rings is 1. The van der Waals surface area contributed by atoms with Crippen molar-refractivity contribution in [3.05, 3.63) is 79.1 Å². The van der Waals surface area contributed by atoms with Crippen LogP contribution < -0.4 is 15.5 Å². The van der Waals surface area contributed by atoms with Crippen LogP contribution in [0.5, 0.6) is 0 Å². The minimum atomic E-state index is 0.0831. The summed E-state index contributed by atoms with van der Waals surface area (Å²) in [4.78, 5) is 31.8. The van der Waals surface area contributed by atoms with E-state index < -0.39 is 0 Å². The minimum Gasteiger partial charge on any atom is -0.378 e. The molecule has 6 rings (SSSR count). The molecule has 10 nitrogen and oxygen atoms in total. The van der Waals surface area contributed by atoms with E-state index >= 15 is 0 Å². The fourth-order valence-corrected chi connectivity index (χ4v) is 4.77. The monoisotopic (exact) mass is 540 g/mol. The predicted octanol–water partition coefficient (Wildman–Crippen LogP) is 4.73. The highest BCUT2D eigenvalue weighted by Gasteiger charge is 2.14. The molecule has 4 aromatic rings. The maximum atomic E-state index is 11.0. The average Bonchev–Trinajstić information content (AvgIpc) is 3.50. The first-order chi connectivity index (χ1) is 19.7. The molecule has 2 saturated heterocycles. The molecule has 2 aliphatic heterocycles. The van der Waals surface area contributed by atoms with Gasteiger partial charge in [0.05, 0.1) is 19.5 Å². The van der Waals surface area contributed by atoms with Crippen LogP contribution in [-0.4, -0.2) is 70.1 Å². The summed E-state index contributed by atoms with van der Waals surface area (Å²) < 4.78 is 5.45. The van der Waals surface area contributed by atoms with Crippen LogP contribution in [0.15, 0.2) is 73.6 Å². The Labute approximate surface area is 234 Å². The molecule has 2 aromatic heterocycles. The molecule has 0 saturated carbocycles. The molecule has 0 radical (unpaired) electrons. The second kappa shape index (κ2) is 13.6. The molecule has 4 heterocycles. The topological polar surface area (TPSA) is 111 Å². The summed E-state index contributed by atoms with van der Waals surface area (Å²) in [7, 11) is 0. The molecule has 1 amide bonds. The number of nitrogens with zero attached hydrogens (tertiary/aromatic N) is 5. The van der Waals surface area contributed by atoms with Crippen molar-refractivity contribution in [2.24, 2.45) is 0 Å². The molecule has 10 heteroatoms. The first-order valence-corrected chi connectivity index (χ1v) is 13.8. The van der Waals surface area contributed by atoms with Crippen molar-refractivity contribution in [1.29, 1.82) is 0 Å². The molecule has 2 aromatic carbocycles. The van der Waals surface area contributed by atoms with Crippen LogP contribution in [0.4, 0.5) is 23.1 Å². The van der Waals surface area contributed by atoms with Gasteiger partial charge in [-0.15, -0.1) is 0 Å². The molecule has 0 spiro atoms. The summed E-state index contributed by atoms with van der Waals surface area (Å²) in [6, 6.07) is 18.5. The fourth-order valence-electron chi connectivity index (χ4n) is 4.77. The summed E-state index contributed by atoms with van der Waals surface area (Å²) >= 11 is 0. The average molecular weight is 541 g/mol. The number of rotatable bonds is 7. The Hall–Kier alpha value is -4.44. The van der Waals surface area contributed by atoms with Gasteiger partial charge in [-0.3, -0.25) is 4.79 Å². The maximum Gasteiger partial charge on any atom is 0.245 e. The Bertz CT molecular complexity index is 1400. The molecule has 0 atom stereocenters. The number of hydrogen-bond acceptors (Lipinski definition) is 8. The Kier molecular flexibility index (Phi) is 9.21. The van der Waals surface area contributed by atoms with E-state index in [0.29, 0.717) is 24.0 Å². The lowest BCUT2D eigenvalue weighted by Crippen LogP contribution is -2.36. The van der Waals surface area contributed by atoms with Crippen molar-refractivity contribution in [2.45, 2.75) is 25.8 Å². The second-order valence-electron chi connectivity index (χ2n) is 9.70. The Balaban J connectivity index is 0.000000274. The number of carbonyl (C=O) groups is 1. The van der Waals surface area contributed by atoms with Crippen LogP contribution in [0.3, 0.4) is 0 Å². The summed E-state index contributed by atoms with van der Waals surface area (Å²) in [5.74, 6) is 1.30. The number of aromatic nitrogens is 4. The van der Waals surface area contributed by atoms with E-state index in [2.05, 4.69) is 66.3 Å². The number of amides is 1. The normalized spacial score (nSPS) is 15.2. The third kappa shape index (κ3) is 7.15. The molecular weight excluding hydrogens is 504 g/mol. The summed E-state index contributed by atoms with van der Waals surface area (Å²) in [5.41, 5.74) is 4.68. The van der Waals surface area contributed by atoms with Crippen LogP contribution in [0.25, 0.3) is 11.2 Å². The fraction of sp³-hybridized carbons (Fsp3) is 0.333. The number of nitrogens with one attached hydrogen (secondary N) is 3. The van der Waals surface area contributed by atoms with E-state index in [4.69, 9.17) is 4.74 Å². The number of likely N-dealkylation sites (tertiary alicyclic amines) is 1. The van der Waals surface area contributed by atoms with Crippen molar-refractivity contribution < 1.29 is 9.53 Å². The zero-order valence-corrected chi connectivity index (χ0v) is 22.7. The number of ether oxygens (including phenoxy) is 1. The predicted molar refractivity (Wildman–Crippen MR) is 159 cm³/mol. The third-order valence-electron chi connectivity index (χ3n) is 6.91. The smallest absolute Gasteiger partial charge is 0.245 e. The van der Waals surface area contributed by atoms with Crippen LogP contribution in [0.2, 0.25) is 0 Å². The molecule has 0 bridgehead atoms. The Morgan fingerprint density at radius 1 is 1.00 bits per heavy atom. The second-order valence-corrected chi connectivity index (χ2v) is 9.70. The molecular formula is C30H36N8O2. The van der Waals surface area contributed by atoms with E-state index in [-0.39, 0.29) is 5.91 Å². The van der Waals surface area contributed by atoms with E-state index in [1.807, 2.05) is 35.2 Å². The van der Waals surface area contributed by atoms with Crippen molar-refractivity contribution in [3.63, 3.8) is 0 Å². The van der Waals surface area contributed by atoms with E-state index in [1.54, 1.807) is 6.33 Å². The van der Waals surface area contributed by atoms with Gasteiger partial charge in [0.1, 0.15) is 5.52 Å². The SMILES string of the molecule is C=CC(=O)N1CCCCC1.c1ccc(CNc2nc(Nc3cccc(N4CCOCC4)c3)nc3nc[nH]c23)cc1. The van der Waals surface area contributed by atoms with Crippen LogP contribution in [-0.2, 0) is 16.1 Å². The van der Waals surface area contributed by atoms with Gasteiger partial charge in [0.2, 0.25) is 11.9 Å². The highest BCUT2D eigenvalue weighted by molar-refractivity contribution is 5.87. The molecule has 0 aliphatic carbocycles. The van der Waals surface area contributed by atoms with Crippen LogP contribution in [0, 0.1) is 0 Å². The van der Waals surface area contributed by atoms with E-state index in [9.17, 15) is 4.79 Å². The molecule has 3 N–H and O–H groups in total. The molecule has 40 heavy (non-hydrogen) atoms.